The van der Waals surface area contributed by atoms with Crippen molar-refractivity contribution in [1.82, 2.24) is 20.0 Å². The first-order chi connectivity index (χ1) is 12.4. The van der Waals surface area contributed by atoms with Gasteiger partial charge < -0.3 is 19.7 Å². The fourth-order valence-electron chi connectivity index (χ4n) is 3.50. The fourth-order valence-corrected chi connectivity index (χ4v) is 3.50. The second-order valence-corrected chi connectivity index (χ2v) is 8.36. The summed E-state index contributed by atoms with van der Waals surface area (Å²) in [7, 11) is 0. The summed E-state index contributed by atoms with van der Waals surface area (Å²) in [5.74, 6) is 1.48. The molecule has 2 fully saturated rings. The Morgan fingerprint density at radius 2 is 1.92 bits per heavy atom. The van der Waals surface area contributed by atoms with Crippen molar-refractivity contribution >= 4 is 6.09 Å². The molecule has 0 radical (unpaired) electrons. The van der Waals surface area contributed by atoms with E-state index in [-0.39, 0.29) is 6.09 Å². The lowest BCUT2D eigenvalue weighted by atomic mass is 9.99. The second-order valence-electron chi connectivity index (χ2n) is 8.36. The van der Waals surface area contributed by atoms with E-state index in [9.17, 15) is 4.79 Å². The lowest BCUT2D eigenvalue weighted by molar-refractivity contribution is 0.0184. The van der Waals surface area contributed by atoms with Crippen molar-refractivity contribution in [3.63, 3.8) is 0 Å². The molecule has 26 heavy (non-hydrogen) atoms. The van der Waals surface area contributed by atoms with E-state index in [0.29, 0.717) is 25.0 Å². The van der Waals surface area contributed by atoms with E-state index in [1.54, 1.807) is 11.1 Å². The SMILES string of the molecule is CC(C)(C)OC(=O)N1CCC(n2cc(OCC3CCNCC3)cn2)CC1. The molecule has 7 heteroatoms. The average Bonchev–Trinajstić information content (AvgIpc) is 3.08. The van der Waals surface area contributed by atoms with Crippen LogP contribution in [0.1, 0.15) is 52.5 Å². The first kappa shape index (κ1) is 19.0. The van der Waals surface area contributed by atoms with Crippen molar-refractivity contribution in [2.45, 2.75) is 58.1 Å². The Morgan fingerprint density at radius 3 is 2.58 bits per heavy atom. The number of aromatic nitrogens is 2. The van der Waals surface area contributed by atoms with Crippen LogP contribution in [-0.2, 0) is 4.74 Å². The number of carbonyl (C=O) groups excluding carboxylic acids is 1. The summed E-state index contributed by atoms with van der Waals surface area (Å²) >= 11 is 0. The molecule has 0 bridgehead atoms. The first-order valence-electron chi connectivity index (χ1n) is 9.76. The molecule has 7 nitrogen and oxygen atoms in total. The van der Waals surface area contributed by atoms with Crippen molar-refractivity contribution in [2.75, 3.05) is 32.8 Å². The smallest absolute Gasteiger partial charge is 0.410 e. The number of ether oxygens (including phenoxy) is 2. The van der Waals surface area contributed by atoms with Crippen molar-refractivity contribution in [2.24, 2.45) is 5.92 Å². The van der Waals surface area contributed by atoms with Gasteiger partial charge in [0.15, 0.2) is 5.75 Å². The Morgan fingerprint density at radius 1 is 1.23 bits per heavy atom. The van der Waals surface area contributed by atoms with Crippen LogP contribution in [0.25, 0.3) is 0 Å². The zero-order chi connectivity index (χ0) is 18.6. The maximum absolute atomic E-state index is 12.2. The molecule has 2 saturated heterocycles. The van der Waals surface area contributed by atoms with Crippen LogP contribution in [0.2, 0.25) is 0 Å². The van der Waals surface area contributed by atoms with Crippen molar-refractivity contribution < 1.29 is 14.3 Å². The van der Waals surface area contributed by atoms with Crippen molar-refractivity contribution in [3.8, 4) is 5.75 Å². The van der Waals surface area contributed by atoms with Gasteiger partial charge in [0.2, 0.25) is 0 Å². The predicted molar refractivity (Wildman–Crippen MR) is 99.4 cm³/mol. The summed E-state index contributed by atoms with van der Waals surface area (Å²) in [5.41, 5.74) is -0.448. The number of carbonyl (C=O) groups is 1. The maximum atomic E-state index is 12.2. The molecule has 0 aliphatic carbocycles. The van der Waals surface area contributed by atoms with Gasteiger partial charge in [-0.05, 0) is 65.5 Å². The van der Waals surface area contributed by atoms with Gasteiger partial charge in [0.25, 0.3) is 0 Å². The largest absolute Gasteiger partial charge is 0.490 e. The number of nitrogens with zero attached hydrogens (tertiary/aromatic N) is 3. The quantitative estimate of drug-likeness (QED) is 0.890. The van der Waals surface area contributed by atoms with E-state index >= 15 is 0 Å². The Bertz CT molecular complexity index is 582. The zero-order valence-corrected chi connectivity index (χ0v) is 16.2. The molecule has 0 atom stereocenters. The van der Waals surface area contributed by atoms with Gasteiger partial charge in [-0.1, -0.05) is 0 Å². The van der Waals surface area contributed by atoms with Gasteiger partial charge >= 0.3 is 6.09 Å². The highest BCUT2D eigenvalue weighted by Gasteiger charge is 2.28. The Kier molecular flexibility index (Phi) is 6.06. The molecule has 1 aromatic rings. The number of hydrogen-bond donors (Lipinski definition) is 1. The Hall–Kier alpha value is -1.76. The molecule has 0 aromatic carbocycles. The molecule has 2 aliphatic rings. The third-order valence-electron chi connectivity index (χ3n) is 5.01. The first-order valence-corrected chi connectivity index (χ1v) is 9.76. The third kappa shape index (κ3) is 5.37. The topological polar surface area (TPSA) is 68.6 Å². The predicted octanol–water partition coefficient (Wildman–Crippen LogP) is 2.83. The molecule has 1 amide bonds. The standard InChI is InChI=1S/C19H32N4O3/c1-19(2,3)26-18(24)22-10-6-16(7-11-22)23-13-17(12-21-23)25-14-15-4-8-20-9-5-15/h12-13,15-16,20H,4-11,14H2,1-3H3. The van der Waals surface area contributed by atoms with Crippen LogP contribution in [0.15, 0.2) is 12.4 Å². The van der Waals surface area contributed by atoms with Crippen LogP contribution in [0, 0.1) is 5.92 Å². The van der Waals surface area contributed by atoms with Gasteiger partial charge in [-0.25, -0.2) is 4.79 Å². The van der Waals surface area contributed by atoms with Gasteiger partial charge in [0.1, 0.15) is 5.60 Å². The lowest BCUT2D eigenvalue weighted by Crippen LogP contribution is -2.42. The van der Waals surface area contributed by atoms with E-state index in [4.69, 9.17) is 9.47 Å². The molecule has 3 heterocycles. The van der Waals surface area contributed by atoms with Gasteiger partial charge in [0.05, 0.1) is 25.0 Å². The lowest BCUT2D eigenvalue weighted by Gasteiger charge is -2.33. The van der Waals surface area contributed by atoms with Crippen LogP contribution in [-0.4, -0.2) is 59.2 Å². The number of nitrogens with one attached hydrogen (secondary N) is 1. The highest BCUT2D eigenvalue weighted by Crippen LogP contribution is 2.25. The maximum Gasteiger partial charge on any atom is 0.410 e. The van der Waals surface area contributed by atoms with Crippen LogP contribution in [0.3, 0.4) is 0 Å². The van der Waals surface area contributed by atoms with Crippen LogP contribution in [0.5, 0.6) is 5.75 Å². The van der Waals surface area contributed by atoms with E-state index in [1.807, 2.05) is 31.6 Å². The average molecular weight is 364 g/mol. The third-order valence-corrected chi connectivity index (χ3v) is 5.01. The Balaban J connectivity index is 1.44. The minimum Gasteiger partial charge on any atom is -0.490 e. The molecule has 2 aliphatic heterocycles. The van der Waals surface area contributed by atoms with Gasteiger partial charge in [0, 0.05) is 13.1 Å². The fraction of sp³-hybridized carbons (Fsp3) is 0.789. The minimum atomic E-state index is -0.448. The molecule has 0 unspecified atom stereocenters. The van der Waals surface area contributed by atoms with E-state index in [1.165, 1.54) is 12.8 Å². The normalized spacial score (nSPS) is 20.2. The van der Waals surface area contributed by atoms with Crippen molar-refractivity contribution in [3.05, 3.63) is 12.4 Å². The molecule has 0 saturated carbocycles. The molecule has 0 spiro atoms. The summed E-state index contributed by atoms with van der Waals surface area (Å²) in [5, 5.41) is 7.85. The molecule has 1 aromatic heterocycles. The van der Waals surface area contributed by atoms with E-state index in [2.05, 4.69) is 10.4 Å². The summed E-state index contributed by atoms with van der Waals surface area (Å²) in [6.07, 6.45) is 7.70. The highest BCUT2D eigenvalue weighted by atomic mass is 16.6. The Labute approximate surface area is 156 Å². The van der Waals surface area contributed by atoms with Crippen LogP contribution >= 0.6 is 0 Å². The second kappa shape index (κ2) is 8.29. The molecule has 1 N–H and O–H groups in total. The number of piperidine rings is 2. The molecule has 146 valence electrons. The summed E-state index contributed by atoms with van der Waals surface area (Å²) < 4.78 is 13.4. The van der Waals surface area contributed by atoms with Gasteiger partial charge in [-0.3, -0.25) is 4.68 Å². The number of amides is 1. The zero-order valence-electron chi connectivity index (χ0n) is 16.2. The minimum absolute atomic E-state index is 0.220. The summed E-state index contributed by atoms with van der Waals surface area (Å²) in [6, 6.07) is 0.310. The summed E-state index contributed by atoms with van der Waals surface area (Å²) in [4.78, 5) is 13.9. The van der Waals surface area contributed by atoms with E-state index in [0.717, 1.165) is 38.3 Å². The van der Waals surface area contributed by atoms with Crippen LogP contribution in [0.4, 0.5) is 4.79 Å². The van der Waals surface area contributed by atoms with Crippen molar-refractivity contribution in [1.29, 1.82) is 0 Å². The number of likely N-dealkylation sites (tertiary alicyclic amines) is 1. The molecular formula is C19H32N4O3. The highest BCUT2D eigenvalue weighted by molar-refractivity contribution is 5.68. The van der Waals surface area contributed by atoms with E-state index < -0.39 is 5.60 Å². The molecular weight excluding hydrogens is 332 g/mol. The van der Waals surface area contributed by atoms with Gasteiger partial charge in [-0.2, -0.15) is 5.10 Å². The molecule has 3 rings (SSSR count). The number of hydrogen-bond acceptors (Lipinski definition) is 5. The monoisotopic (exact) mass is 364 g/mol. The van der Waals surface area contributed by atoms with Crippen LogP contribution < -0.4 is 10.1 Å². The van der Waals surface area contributed by atoms with Gasteiger partial charge in [-0.15, -0.1) is 0 Å². The number of rotatable bonds is 4. The summed E-state index contributed by atoms with van der Waals surface area (Å²) in [6.45, 7) is 10.0.